The number of rotatable bonds is 4. The lowest BCUT2D eigenvalue weighted by atomic mass is 10.0. The van der Waals surface area contributed by atoms with Crippen molar-refractivity contribution < 1.29 is 0 Å². The van der Waals surface area contributed by atoms with Crippen LogP contribution in [0.2, 0.25) is 0 Å². The molecule has 3 rings (SSSR count). The average Bonchev–Trinajstić information content (AvgIpc) is 3.01. The molecule has 4 nitrogen and oxygen atoms in total. The molecule has 1 aromatic heterocycles. The highest BCUT2D eigenvalue weighted by Gasteiger charge is 2.18. The van der Waals surface area contributed by atoms with E-state index in [4.69, 9.17) is 0 Å². The van der Waals surface area contributed by atoms with E-state index in [9.17, 15) is 0 Å². The number of aromatic nitrogens is 2. The fourth-order valence-corrected chi connectivity index (χ4v) is 3.20. The van der Waals surface area contributed by atoms with Gasteiger partial charge in [-0.25, -0.2) is 0 Å². The summed E-state index contributed by atoms with van der Waals surface area (Å²) in [5, 5.41) is 15.6. The van der Waals surface area contributed by atoms with Crippen molar-refractivity contribution >= 4 is 5.82 Å². The molecule has 0 amide bonds. The predicted octanol–water partition coefficient (Wildman–Crippen LogP) is 2.69. The fraction of sp³-hybridized carbons (Fsp3) is 0.733. The van der Waals surface area contributed by atoms with Gasteiger partial charge >= 0.3 is 0 Å². The summed E-state index contributed by atoms with van der Waals surface area (Å²) in [4.78, 5) is 0. The second-order valence-electron chi connectivity index (χ2n) is 5.85. The Morgan fingerprint density at radius 3 is 2.58 bits per heavy atom. The van der Waals surface area contributed by atoms with Crippen molar-refractivity contribution in [2.45, 2.75) is 56.9 Å². The van der Waals surface area contributed by atoms with Gasteiger partial charge in [-0.2, -0.15) is 5.10 Å². The SMILES string of the molecule is c1cc(C2CCCC2)nnc1NCC1CCCCN1. The van der Waals surface area contributed by atoms with Gasteiger partial charge in [0.2, 0.25) is 0 Å². The first-order chi connectivity index (χ1) is 9.42. The van der Waals surface area contributed by atoms with E-state index in [0.29, 0.717) is 12.0 Å². The fourth-order valence-electron chi connectivity index (χ4n) is 3.20. The second-order valence-corrected chi connectivity index (χ2v) is 5.85. The number of piperidine rings is 1. The zero-order valence-electron chi connectivity index (χ0n) is 11.6. The molecule has 104 valence electrons. The van der Waals surface area contributed by atoms with Gasteiger partial charge in [0.1, 0.15) is 5.82 Å². The Bertz CT molecular complexity index is 378. The Hall–Kier alpha value is -1.16. The number of nitrogens with zero attached hydrogens (tertiary/aromatic N) is 2. The van der Waals surface area contributed by atoms with Gasteiger partial charge in [-0.3, -0.25) is 0 Å². The Labute approximate surface area is 115 Å². The minimum absolute atomic E-state index is 0.588. The van der Waals surface area contributed by atoms with Crippen molar-refractivity contribution in [3.8, 4) is 0 Å². The maximum absolute atomic E-state index is 4.39. The van der Waals surface area contributed by atoms with Crippen LogP contribution < -0.4 is 10.6 Å². The van der Waals surface area contributed by atoms with E-state index in [2.05, 4.69) is 33.0 Å². The maximum atomic E-state index is 4.39. The van der Waals surface area contributed by atoms with E-state index in [0.717, 1.165) is 18.9 Å². The lowest BCUT2D eigenvalue weighted by Crippen LogP contribution is -2.39. The van der Waals surface area contributed by atoms with Crippen LogP contribution in [-0.4, -0.2) is 29.3 Å². The highest BCUT2D eigenvalue weighted by Crippen LogP contribution is 2.32. The smallest absolute Gasteiger partial charge is 0.148 e. The summed E-state index contributed by atoms with van der Waals surface area (Å²) in [6.45, 7) is 2.11. The van der Waals surface area contributed by atoms with Crippen LogP contribution in [0.15, 0.2) is 12.1 Å². The third-order valence-corrected chi connectivity index (χ3v) is 4.40. The summed E-state index contributed by atoms with van der Waals surface area (Å²) in [5.41, 5.74) is 1.18. The zero-order chi connectivity index (χ0) is 12.9. The van der Waals surface area contributed by atoms with Crippen LogP contribution in [0.3, 0.4) is 0 Å². The molecule has 1 aliphatic carbocycles. The lowest BCUT2D eigenvalue weighted by Gasteiger charge is -2.23. The van der Waals surface area contributed by atoms with E-state index in [-0.39, 0.29) is 0 Å². The van der Waals surface area contributed by atoms with Crippen molar-refractivity contribution in [2.75, 3.05) is 18.4 Å². The van der Waals surface area contributed by atoms with Gasteiger partial charge in [-0.1, -0.05) is 19.3 Å². The second kappa shape index (κ2) is 6.33. The van der Waals surface area contributed by atoms with E-state index >= 15 is 0 Å². The van der Waals surface area contributed by atoms with E-state index in [1.807, 2.05) is 0 Å². The summed E-state index contributed by atoms with van der Waals surface area (Å²) in [6, 6.07) is 4.83. The number of hydrogen-bond donors (Lipinski definition) is 2. The molecule has 2 aliphatic rings. The molecule has 19 heavy (non-hydrogen) atoms. The van der Waals surface area contributed by atoms with Crippen molar-refractivity contribution in [3.05, 3.63) is 17.8 Å². The molecule has 1 unspecified atom stereocenters. The van der Waals surface area contributed by atoms with Crippen LogP contribution >= 0.6 is 0 Å². The van der Waals surface area contributed by atoms with Gasteiger partial charge in [-0.15, -0.1) is 5.10 Å². The average molecular weight is 260 g/mol. The summed E-state index contributed by atoms with van der Waals surface area (Å²) in [7, 11) is 0. The minimum Gasteiger partial charge on any atom is -0.367 e. The Kier molecular flexibility index (Phi) is 4.28. The third kappa shape index (κ3) is 3.44. The van der Waals surface area contributed by atoms with Gasteiger partial charge in [0.25, 0.3) is 0 Å². The third-order valence-electron chi connectivity index (χ3n) is 4.40. The van der Waals surface area contributed by atoms with Gasteiger partial charge in [0.05, 0.1) is 5.69 Å². The van der Waals surface area contributed by atoms with Crippen LogP contribution in [0.4, 0.5) is 5.82 Å². The molecule has 0 spiro atoms. The normalized spacial score (nSPS) is 24.5. The molecular weight excluding hydrogens is 236 g/mol. The van der Waals surface area contributed by atoms with Crippen LogP contribution in [0, 0.1) is 0 Å². The van der Waals surface area contributed by atoms with Crippen LogP contribution in [0.25, 0.3) is 0 Å². The molecule has 2 N–H and O–H groups in total. The molecule has 0 aromatic carbocycles. The standard InChI is InChI=1S/C15H24N4/c1-2-6-12(5-1)14-8-9-15(19-18-14)17-11-13-7-3-4-10-16-13/h8-9,12-13,16H,1-7,10-11H2,(H,17,19). The molecule has 1 saturated heterocycles. The Morgan fingerprint density at radius 2 is 1.89 bits per heavy atom. The predicted molar refractivity (Wildman–Crippen MR) is 77.4 cm³/mol. The molecule has 0 bridgehead atoms. The largest absolute Gasteiger partial charge is 0.367 e. The van der Waals surface area contributed by atoms with E-state index < -0.39 is 0 Å². The van der Waals surface area contributed by atoms with E-state index in [1.54, 1.807) is 0 Å². The number of nitrogens with one attached hydrogen (secondary N) is 2. The highest BCUT2D eigenvalue weighted by atomic mass is 15.2. The first-order valence-corrected chi connectivity index (χ1v) is 7.73. The summed E-state index contributed by atoms with van der Waals surface area (Å²) >= 11 is 0. The minimum atomic E-state index is 0.588. The topological polar surface area (TPSA) is 49.8 Å². The monoisotopic (exact) mass is 260 g/mol. The van der Waals surface area contributed by atoms with Gasteiger partial charge in [0, 0.05) is 18.5 Å². The van der Waals surface area contributed by atoms with Gasteiger partial charge < -0.3 is 10.6 Å². The quantitative estimate of drug-likeness (QED) is 0.874. The van der Waals surface area contributed by atoms with Crippen molar-refractivity contribution in [1.82, 2.24) is 15.5 Å². The van der Waals surface area contributed by atoms with Crippen LogP contribution in [0.5, 0.6) is 0 Å². The highest BCUT2D eigenvalue weighted by molar-refractivity contribution is 5.33. The molecule has 1 saturated carbocycles. The molecule has 2 fully saturated rings. The molecular formula is C15H24N4. The molecule has 4 heteroatoms. The van der Waals surface area contributed by atoms with Gasteiger partial charge in [0.15, 0.2) is 0 Å². The summed E-state index contributed by atoms with van der Waals surface area (Å²) in [6.07, 6.45) is 9.18. The molecule has 1 aliphatic heterocycles. The summed E-state index contributed by atoms with van der Waals surface area (Å²) in [5.74, 6) is 1.57. The van der Waals surface area contributed by atoms with Crippen molar-refractivity contribution in [3.63, 3.8) is 0 Å². The zero-order valence-corrected chi connectivity index (χ0v) is 11.6. The van der Waals surface area contributed by atoms with Gasteiger partial charge in [-0.05, 0) is 44.4 Å². The Morgan fingerprint density at radius 1 is 1.05 bits per heavy atom. The number of hydrogen-bond acceptors (Lipinski definition) is 4. The van der Waals surface area contributed by atoms with Crippen LogP contribution in [-0.2, 0) is 0 Å². The summed E-state index contributed by atoms with van der Waals surface area (Å²) < 4.78 is 0. The van der Waals surface area contributed by atoms with Crippen LogP contribution in [0.1, 0.15) is 56.6 Å². The maximum Gasteiger partial charge on any atom is 0.148 e. The molecule has 1 aromatic rings. The van der Waals surface area contributed by atoms with Crippen molar-refractivity contribution in [1.29, 1.82) is 0 Å². The van der Waals surface area contributed by atoms with E-state index in [1.165, 1.54) is 50.6 Å². The molecule has 0 radical (unpaired) electrons. The number of anilines is 1. The first kappa shape index (κ1) is 12.9. The molecule has 2 heterocycles. The first-order valence-electron chi connectivity index (χ1n) is 7.73. The lowest BCUT2D eigenvalue weighted by molar-refractivity contribution is 0.414. The Balaban J connectivity index is 1.50. The van der Waals surface area contributed by atoms with Crippen molar-refractivity contribution in [2.24, 2.45) is 0 Å². The molecule has 1 atom stereocenters.